The molecule has 0 spiro atoms. The first-order valence-electron chi connectivity index (χ1n) is 9.63. The van der Waals surface area contributed by atoms with E-state index in [-0.39, 0.29) is 11.8 Å². The van der Waals surface area contributed by atoms with E-state index >= 15 is 0 Å². The Labute approximate surface area is 175 Å². The fraction of sp³-hybridized carbons (Fsp3) is 0.318. The maximum Gasteiger partial charge on any atom is 0.253 e. The quantitative estimate of drug-likeness (QED) is 0.685. The van der Waals surface area contributed by atoms with Crippen LogP contribution in [0.1, 0.15) is 41.3 Å². The number of hydrogen-bond acceptors (Lipinski definition) is 3. The molecule has 7 heteroatoms. The highest BCUT2D eigenvalue weighted by Crippen LogP contribution is 2.22. The first-order chi connectivity index (χ1) is 14.0. The first-order valence-corrected chi connectivity index (χ1v) is 10.0. The molecule has 2 N–H and O–H groups in total. The van der Waals surface area contributed by atoms with Gasteiger partial charge in [-0.15, -0.1) is 0 Å². The van der Waals surface area contributed by atoms with Gasteiger partial charge in [0.15, 0.2) is 0 Å². The number of carbonyl (C=O) groups excluding carboxylic acids is 3. The zero-order valence-corrected chi connectivity index (χ0v) is 17.0. The summed E-state index contributed by atoms with van der Waals surface area (Å²) in [5.41, 5.74) is 2.71. The van der Waals surface area contributed by atoms with E-state index in [1.54, 1.807) is 31.2 Å². The molecule has 0 saturated heterocycles. The predicted octanol–water partition coefficient (Wildman–Crippen LogP) is 2.90. The Hall–Kier alpha value is -2.86. The second-order valence-corrected chi connectivity index (χ2v) is 7.50. The Morgan fingerprint density at radius 2 is 1.66 bits per heavy atom. The van der Waals surface area contributed by atoms with E-state index in [1.165, 1.54) is 11.1 Å². The number of halogens is 1. The molecule has 2 aromatic rings. The lowest BCUT2D eigenvalue weighted by Crippen LogP contribution is -2.45. The first kappa shape index (κ1) is 20.9. The summed E-state index contributed by atoms with van der Waals surface area (Å²) in [5, 5.41) is 5.72. The van der Waals surface area contributed by atoms with E-state index in [0.717, 1.165) is 0 Å². The van der Waals surface area contributed by atoms with Crippen molar-refractivity contribution in [2.24, 2.45) is 0 Å². The molecule has 1 aliphatic heterocycles. The highest BCUT2D eigenvalue weighted by Gasteiger charge is 2.22. The SMILES string of the molecule is CC(NC(=O)c1ccccc1Cl)C(=O)NCCCC(=O)N1Cc2ccccc2C1. The van der Waals surface area contributed by atoms with Gasteiger partial charge in [-0.05, 0) is 36.6 Å². The second-order valence-electron chi connectivity index (χ2n) is 7.09. The van der Waals surface area contributed by atoms with Gasteiger partial charge in [0.2, 0.25) is 11.8 Å². The van der Waals surface area contributed by atoms with Crippen molar-refractivity contribution in [3.63, 3.8) is 0 Å². The minimum Gasteiger partial charge on any atom is -0.354 e. The van der Waals surface area contributed by atoms with Crippen molar-refractivity contribution in [3.8, 4) is 0 Å². The molecule has 1 atom stereocenters. The van der Waals surface area contributed by atoms with Crippen LogP contribution in [0.25, 0.3) is 0 Å². The summed E-state index contributed by atoms with van der Waals surface area (Å²) in [6.45, 7) is 3.27. The zero-order chi connectivity index (χ0) is 20.8. The van der Waals surface area contributed by atoms with Gasteiger partial charge in [-0.3, -0.25) is 14.4 Å². The fourth-order valence-electron chi connectivity index (χ4n) is 3.26. The van der Waals surface area contributed by atoms with Crippen LogP contribution in [-0.2, 0) is 22.7 Å². The largest absolute Gasteiger partial charge is 0.354 e. The molecule has 0 radical (unpaired) electrons. The maximum atomic E-state index is 12.4. The van der Waals surface area contributed by atoms with Gasteiger partial charge in [-0.1, -0.05) is 48.0 Å². The molecule has 0 saturated carbocycles. The molecule has 0 fully saturated rings. The topological polar surface area (TPSA) is 78.5 Å². The zero-order valence-electron chi connectivity index (χ0n) is 16.3. The summed E-state index contributed by atoms with van der Waals surface area (Å²) in [6.07, 6.45) is 0.914. The lowest BCUT2D eigenvalue weighted by atomic mass is 10.1. The number of carbonyl (C=O) groups is 3. The third kappa shape index (κ3) is 5.35. The highest BCUT2D eigenvalue weighted by atomic mass is 35.5. The van der Waals surface area contributed by atoms with E-state index in [1.807, 2.05) is 29.2 Å². The third-order valence-electron chi connectivity index (χ3n) is 4.92. The molecule has 0 aliphatic carbocycles. The molecule has 152 valence electrons. The van der Waals surface area contributed by atoms with Gasteiger partial charge >= 0.3 is 0 Å². The number of nitrogens with one attached hydrogen (secondary N) is 2. The van der Waals surface area contributed by atoms with Gasteiger partial charge in [0, 0.05) is 26.1 Å². The molecule has 1 heterocycles. The number of hydrogen-bond donors (Lipinski definition) is 2. The molecule has 0 bridgehead atoms. The fourth-order valence-corrected chi connectivity index (χ4v) is 3.48. The van der Waals surface area contributed by atoms with Crippen LogP contribution in [0.5, 0.6) is 0 Å². The van der Waals surface area contributed by atoms with Crippen LogP contribution in [0.15, 0.2) is 48.5 Å². The van der Waals surface area contributed by atoms with Gasteiger partial charge in [-0.2, -0.15) is 0 Å². The van der Waals surface area contributed by atoms with Crippen LogP contribution in [0.3, 0.4) is 0 Å². The van der Waals surface area contributed by atoms with Gasteiger partial charge < -0.3 is 15.5 Å². The summed E-state index contributed by atoms with van der Waals surface area (Å²) in [7, 11) is 0. The lowest BCUT2D eigenvalue weighted by Gasteiger charge is -2.16. The minimum atomic E-state index is -0.706. The number of nitrogens with zero attached hydrogens (tertiary/aromatic N) is 1. The molecule has 6 nitrogen and oxygen atoms in total. The maximum absolute atomic E-state index is 12.4. The molecule has 3 rings (SSSR count). The van der Waals surface area contributed by atoms with E-state index in [0.29, 0.717) is 43.1 Å². The summed E-state index contributed by atoms with van der Waals surface area (Å²) in [5.74, 6) is -0.621. The van der Waals surface area contributed by atoms with Crippen LogP contribution in [-0.4, -0.2) is 35.2 Å². The molecule has 1 unspecified atom stereocenters. The predicted molar refractivity (Wildman–Crippen MR) is 111 cm³/mol. The van der Waals surface area contributed by atoms with Gasteiger partial charge in [-0.25, -0.2) is 0 Å². The van der Waals surface area contributed by atoms with Crippen molar-refractivity contribution in [2.75, 3.05) is 6.54 Å². The Balaban J connectivity index is 1.37. The highest BCUT2D eigenvalue weighted by molar-refractivity contribution is 6.33. The van der Waals surface area contributed by atoms with Crippen LogP contribution in [0.2, 0.25) is 5.02 Å². The lowest BCUT2D eigenvalue weighted by molar-refractivity contribution is -0.132. The van der Waals surface area contributed by atoms with Gasteiger partial charge in [0.25, 0.3) is 5.91 Å². The van der Waals surface area contributed by atoms with Crippen molar-refractivity contribution < 1.29 is 14.4 Å². The summed E-state index contributed by atoms with van der Waals surface area (Å²) in [4.78, 5) is 38.6. The molecular weight excluding hydrogens is 390 g/mol. The number of rotatable bonds is 7. The molecule has 2 aromatic carbocycles. The number of amides is 3. The minimum absolute atomic E-state index is 0.0792. The van der Waals surface area contributed by atoms with E-state index in [2.05, 4.69) is 10.6 Å². The van der Waals surface area contributed by atoms with Crippen molar-refractivity contribution in [3.05, 3.63) is 70.2 Å². The van der Waals surface area contributed by atoms with E-state index in [9.17, 15) is 14.4 Å². The number of benzene rings is 2. The number of fused-ring (bicyclic) bond motifs is 1. The summed E-state index contributed by atoms with van der Waals surface area (Å²) < 4.78 is 0. The Morgan fingerprint density at radius 1 is 1.03 bits per heavy atom. The van der Waals surface area contributed by atoms with Crippen molar-refractivity contribution >= 4 is 29.3 Å². The van der Waals surface area contributed by atoms with Crippen LogP contribution in [0, 0.1) is 0 Å². The Morgan fingerprint density at radius 3 is 2.31 bits per heavy atom. The van der Waals surface area contributed by atoms with Crippen LogP contribution >= 0.6 is 11.6 Å². The molecular formula is C22H24ClN3O3. The Bertz CT molecular complexity index is 891. The molecule has 3 amide bonds. The van der Waals surface area contributed by atoms with E-state index in [4.69, 9.17) is 11.6 Å². The second kappa shape index (κ2) is 9.56. The average molecular weight is 414 g/mol. The van der Waals surface area contributed by atoms with Crippen LogP contribution < -0.4 is 10.6 Å². The van der Waals surface area contributed by atoms with Crippen LogP contribution in [0.4, 0.5) is 0 Å². The van der Waals surface area contributed by atoms with Gasteiger partial charge in [0.1, 0.15) is 6.04 Å². The average Bonchev–Trinajstić information content (AvgIpc) is 3.15. The van der Waals surface area contributed by atoms with Crippen molar-refractivity contribution in [2.45, 2.75) is 38.9 Å². The summed E-state index contributed by atoms with van der Waals surface area (Å²) in [6, 6.07) is 14.0. The molecule has 29 heavy (non-hydrogen) atoms. The normalized spacial score (nSPS) is 13.5. The van der Waals surface area contributed by atoms with Gasteiger partial charge in [0.05, 0.1) is 10.6 Å². The Kier molecular flexibility index (Phi) is 6.88. The standard InChI is InChI=1S/C22H24ClN3O3/c1-15(25-22(29)18-9-4-5-10-19(18)23)21(28)24-12-6-11-20(27)26-13-16-7-2-3-8-17(16)14-26/h2-5,7-10,15H,6,11-14H2,1H3,(H,24,28)(H,25,29). The third-order valence-corrected chi connectivity index (χ3v) is 5.25. The molecule has 0 aromatic heterocycles. The molecule has 1 aliphatic rings. The monoisotopic (exact) mass is 413 g/mol. The smallest absolute Gasteiger partial charge is 0.253 e. The van der Waals surface area contributed by atoms with E-state index < -0.39 is 11.9 Å². The van der Waals surface area contributed by atoms with Crippen molar-refractivity contribution in [1.82, 2.24) is 15.5 Å². The van der Waals surface area contributed by atoms with Crippen molar-refractivity contribution in [1.29, 1.82) is 0 Å². The summed E-state index contributed by atoms with van der Waals surface area (Å²) >= 11 is 6.00.